The van der Waals surface area contributed by atoms with E-state index in [1.165, 1.54) is 0 Å². The third-order valence-electron chi connectivity index (χ3n) is 1.98. The Balaban J connectivity index is 3.18. The minimum absolute atomic E-state index is 0.0515. The molecule has 0 unspecified atom stereocenters. The molecule has 0 saturated heterocycles. The molecule has 0 heterocycles. The smallest absolute Gasteiger partial charge is 0.303 e. The van der Waals surface area contributed by atoms with Crippen molar-refractivity contribution in [3.8, 4) is 0 Å². The molecule has 0 aromatic rings. The highest BCUT2D eigenvalue weighted by Gasteiger charge is 2.03. The van der Waals surface area contributed by atoms with Gasteiger partial charge in [-0.2, -0.15) is 0 Å². The molecule has 0 aliphatic rings. The van der Waals surface area contributed by atoms with Crippen molar-refractivity contribution in [2.45, 2.75) is 25.7 Å². The molecule has 0 aromatic heterocycles. The molecule has 16 heavy (non-hydrogen) atoms. The van der Waals surface area contributed by atoms with Gasteiger partial charge in [-0.25, -0.2) is 0 Å². The van der Waals surface area contributed by atoms with Crippen LogP contribution in [0.2, 0.25) is 0 Å². The Morgan fingerprint density at radius 3 is 2.38 bits per heavy atom. The highest BCUT2D eigenvalue weighted by Crippen LogP contribution is 1.88. The first-order valence-electron chi connectivity index (χ1n) is 5.56. The van der Waals surface area contributed by atoms with Gasteiger partial charge in [-0.15, -0.1) is 0 Å². The van der Waals surface area contributed by atoms with Gasteiger partial charge in [0.05, 0.1) is 6.42 Å². The van der Waals surface area contributed by atoms with Crippen molar-refractivity contribution in [2.75, 3.05) is 26.2 Å². The predicted octanol–water partition coefficient (Wildman–Crippen LogP) is -0.704. The maximum absolute atomic E-state index is 11.1. The molecule has 0 fully saturated rings. The predicted molar refractivity (Wildman–Crippen MR) is 61.0 cm³/mol. The van der Waals surface area contributed by atoms with E-state index in [1.54, 1.807) is 0 Å². The van der Waals surface area contributed by atoms with Gasteiger partial charge < -0.3 is 21.5 Å². The first kappa shape index (κ1) is 14.9. The van der Waals surface area contributed by atoms with Gasteiger partial charge in [0.15, 0.2) is 0 Å². The topological polar surface area (TPSA) is 104 Å². The minimum atomic E-state index is -0.946. The number of hydrogen-bond acceptors (Lipinski definition) is 4. The van der Waals surface area contributed by atoms with Gasteiger partial charge in [0.2, 0.25) is 5.91 Å². The second kappa shape index (κ2) is 10.4. The third-order valence-corrected chi connectivity index (χ3v) is 1.98. The van der Waals surface area contributed by atoms with Gasteiger partial charge in [0.25, 0.3) is 0 Å². The van der Waals surface area contributed by atoms with E-state index in [0.717, 1.165) is 25.9 Å². The lowest BCUT2D eigenvalue weighted by Gasteiger charge is -2.05. The number of hydrogen-bond donors (Lipinski definition) is 4. The average molecular weight is 231 g/mol. The Morgan fingerprint density at radius 2 is 1.75 bits per heavy atom. The normalized spacial score (nSPS) is 10.1. The maximum Gasteiger partial charge on any atom is 0.303 e. The molecule has 0 spiro atoms. The molecule has 94 valence electrons. The summed E-state index contributed by atoms with van der Waals surface area (Å²) in [7, 11) is 0. The van der Waals surface area contributed by atoms with E-state index in [4.69, 9.17) is 10.8 Å². The van der Waals surface area contributed by atoms with Crippen LogP contribution in [0.25, 0.3) is 0 Å². The Morgan fingerprint density at radius 1 is 1.06 bits per heavy atom. The quantitative estimate of drug-likeness (QED) is 0.372. The molecule has 0 radical (unpaired) electrons. The van der Waals surface area contributed by atoms with Gasteiger partial charge in [-0.3, -0.25) is 9.59 Å². The van der Waals surface area contributed by atoms with Crippen molar-refractivity contribution in [3.63, 3.8) is 0 Å². The monoisotopic (exact) mass is 231 g/mol. The number of amides is 1. The van der Waals surface area contributed by atoms with Crippen LogP contribution in [0.15, 0.2) is 0 Å². The first-order chi connectivity index (χ1) is 7.66. The van der Waals surface area contributed by atoms with E-state index in [-0.39, 0.29) is 18.7 Å². The molecule has 0 aliphatic carbocycles. The van der Waals surface area contributed by atoms with E-state index in [2.05, 4.69) is 10.6 Å². The zero-order valence-electron chi connectivity index (χ0n) is 9.50. The van der Waals surface area contributed by atoms with Crippen LogP contribution >= 0.6 is 0 Å². The van der Waals surface area contributed by atoms with Crippen molar-refractivity contribution < 1.29 is 14.7 Å². The lowest BCUT2D eigenvalue weighted by Crippen LogP contribution is -2.28. The summed E-state index contributed by atoms with van der Waals surface area (Å²) in [4.78, 5) is 21.3. The highest BCUT2D eigenvalue weighted by atomic mass is 16.4. The van der Waals surface area contributed by atoms with Gasteiger partial charge >= 0.3 is 5.97 Å². The number of aliphatic carboxylic acids is 1. The Hall–Kier alpha value is -1.14. The van der Waals surface area contributed by atoms with Gasteiger partial charge in [-0.1, -0.05) is 0 Å². The van der Waals surface area contributed by atoms with Crippen LogP contribution in [0, 0.1) is 0 Å². The van der Waals surface area contributed by atoms with E-state index < -0.39 is 5.97 Å². The molecule has 5 N–H and O–H groups in total. The Bertz CT molecular complexity index is 209. The summed E-state index contributed by atoms with van der Waals surface area (Å²) in [6, 6.07) is 0. The second-order valence-corrected chi connectivity index (χ2v) is 3.49. The zero-order chi connectivity index (χ0) is 12.2. The molecular formula is C10H21N3O3. The van der Waals surface area contributed by atoms with Crippen LogP contribution in [0.4, 0.5) is 0 Å². The fraction of sp³-hybridized carbons (Fsp3) is 0.800. The van der Waals surface area contributed by atoms with E-state index >= 15 is 0 Å². The van der Waals surface area contributed by atoms with Crippen LogP contribution in [0.3, 0.4) is 0 Å². The van der Waals surface area contributed by atoms with Crippen LogP contribution in [0.5, 0.6) is 0 Å². The van der Waals surface area contributed by atoms with Crippen LogP contribution < -0.4 is 16.4 Å². The van der Waals surface area contributed by atoms with Crippen LogP contribution in [0.1, 0.15) is 25.7 Å². The number of carboxylic acid groups (broad SMARTS) is 1. The summed E-state index contributed by atoms with van der Waals surface area (Å²) in [5, 5.41) is 14.2. The fourth-order valence-electron chi connectivity index (χ4n) is 1.10. The van der Waals surface area contributed by atoms with Crippen LogP contribution in [-0.2, 0) is 9.59 Å². The largest absolute Gasteiger partial charge is 0.481 e. The van der Waals surface area contributed by atoms with Gasteiger partial charge in [-0.05, 0) is 32.5 Å². The lowest BCUT2D eigenvalue weighted by atomic mass is 10.3. The zero-order valence-corrected chi connectivity index (χ0v) is 9.50. The van der Waals surface area contributed by atoms with Crippen molar-refractivity contribution in [1.82, 2.24) is 10.6 Å². The first-order valence-corrected chi connectivity index (χ1v) is 5.56. The number of rotatable bonds is 10. The summed E-state index contributed by atoms with van der Waals surface area (Å²) in [5.41, 5.74) is 5.32. The van der Waals surface area contributed by atoms with E-state index in [0.29, 0.717) is 13.1 Å². The Labute approximate surface area is 95.6 Å². The SMILES string of the molecule is NCCCNCCCNC(=O)CCC(=O)O. The van der Waals surface area contributed by atoms with Crippen molar-refractivity contribution in [1.29, 1.82) is 0 Å². The Kier molecular flexibility index (Phi) is 9.64. The number of carboxylic acids is 1. The molecule has 0 saturated carbocycles. The fourth-order valence-corrected chi connectivity index (χ4v) is 1.10. The molecule has 1 amide bonds. The average Bonchev–Trinajstić information content (AvgIpc) is 2.25. The number of carbonyl (C=O) groups excluding carboxylic acids is 1. The second-order valence-electron chi connectivity index (χ2n) is 3.49. The third kappa shape index (κ3) is 10.9. The molecule has 0 bridgehead atoms. The summed E-state index contributed by atoms with van der Waals surface area (Å²) in [6.07, 6.45) is 1.73. The maximum atomic E-state index is 11.1. The standard InChI is InChI=1S/C10H21N3O3/c11-5-1-6-12-7-2-8-13-9(14)3-4-10(15)16/h12H,1-8,11H2,(H,13,14)(H,15,16). The van der Waals surface area contributed by atoms with Crippen molar-refractivity contribution >= 4 is 11.9 Å². The molecule has 0 aromatic carbocycles. The summed E-state index contributed by atoms with van der Waals surface area (Å²) >= 11 is 0. The van der Waals surface area contributed by atoms with Crippen molar-refractivity contribution in [3.05, 3.63) is 0 Å². The lowest BCUT2D eigenvalue weighted by molar-refractivity contribution is -0.138. The number of carbonyl (C=O) groups is 2. The number of nitrogens with two attached hydrogens (primary N) is 1. The van der Waals surface area contributed by atoms with Crippen LogP contribution in [-0.4, -0.2) is 43.2 Å². The minimum Gasteiger partial charge on any atom is -0.481 e. The highest BCUT2D eigenvalue weighted by molar-refractivity contribution is 5.80. The molecule has 0 rings (SSSR count). The number of nitrogens with one attached hydrogen (secondary N) is 2. The molecule has 0 aliphatic heterocycles. The summed E-state index contributed by atoms with van der Waals surface area (Å²) < 4.78 is 0. The molecule has 6 nitrogen and oxygen atoms in total. The summed E-state index contributed by atoms with van der Waals surface area (Å²) in [5.74, 6) is -1.15. The van der Waals surface area contributed by atoms with Gasteiger partial charge in [0, 0.05) is 13.0 Å². The van der Waals surface area contributed by atoms with E-state index in [1.807, 2.05) is 0 Å². The molecule has 0 atom stereocenters. The van der Waals surface area contributed by atoms with Gasteiger partial charge in [0.1, 0.15) is 0 Å². The summed E-state index contributed by atoms with van der Waals surface area (Å²) in [6.45, 7) is 2.98. The molecule has 6 heteroatoms. The van der Waals surface area contributed by atoms with Crippen molar-refractivity contribution in [2.24, 2.45) is 5.73 Å². The molecular weight excluding hydrogens is 210 g/mol. The van der Waals surface area contributed by atoms with E-state index in [9.17, 15) is 9.59 Å².